The molecule has 4 aliphatic rings. The molecule has 61 heavy (non-hydrogen) atoms. The topological polar surface area (TPSA) is 321 Å². The van der Waals surface area contributed by atoms with Gasteiger partial charge in [-0.05, 0) is 63.6 Å². The number of aryl methyl sites for hydroxylation is 1. The number of phenols is 3. The quantitative estimate of drug-likeness (QED) is 0.104. The van der Waals surface area contributed by atoms with Crippen LogP contribution in [0, 0.1) is 6.92 Å². The first-order valence-electron chi connectivity index (χ1n) is 19.2. The van der Waals surface area contributed by atoms with E-state index in [2.05, 4.69) is 10.6 Å². The highest BCUT2D eigenvalue weighted by Gasteiger charge is 2.52. The van der Waals surface area contributed by atoms with Gasteiger partial charge in [0.1, 0.15) is 71.8 Å². The number of carbonyl (C=O) groups is 4. The number of carboxylic acid groups (broad SMARTS) is 1. The summed E-state index contributed by atoms with van der Waals surface area (Å²) in [6.45, 7) is 5.61. The molecule has 2 aliphatic heterocycles. The number of ether oxygens (including phenoxy) is 5. The van der Waals surface area contributed by atoms with Crippen molar-refractivity contribution in [2.24, 2.45) is 0 Å². The zero-order chi connectivity index (χ0) is 44.7. The van der Waals surface area contributed by atoms with E-state index in [4.69, 9.17) is 23.7 Å². The molecule has 1 amide bonds. The Labute approximate surface area is 346 Å². The van der Waals surface area contributed by atoms with Crippen molar-refractivity contribution in [3.8, 4) is 34.1 Å². The number of hydrogen-bond acceptors (Lipinski definition) is 18. The lowest BCUT2D eigenvalue weighted by Crippen LogP contribution is -2.66. The van der Waals surface area contributed by atoms with E-state index in [0.717, 1.165) is 12.1 Å². The maximum atomic E-state index is 14.1. The predicted molar refractivity (Wildman–Crippen MR) is 205 cm³/mol. The third-order valence-corrected chi connectivity index (χ3v) is 11.8. The Balaban J connectivity index is 1.36. The van der Waals surface area contributed by atoms with Gasteiger partial charge in [0.05, 0.1) is 42.0 Å². The first kappa shape index (κ1) is 43.8. The van der Waals surface area contributed by atoms with E-state index < -0.39 is 148 Å². The van der Waals surface area contributed by atoms with Crippen LogP contribution in [-0.4, -0.2) is 151 Å². The number of aliphatic hydroxyl groups is 5. The number of rotatable bonds is 9. The molecule has 0 radical (unpaired) electrons. The summed E-state index contributed by atoms with van der Waals surface area (Å²) in [6, 6.07) is 2.43. The van der Waals surface area contributed by atoms with Gasteiger partial charge in [-0.25, -0.2) is 0 Å². The van der Waals surface area contributed by atoms with Crippen LogP contribution < -0.4 is 15.4 Å². The van der Waals surface area contributed by atoms with E-state index in [0.29, 0.717) is 0 Å². The molecule has 0 bridgehead atoms. The second kappa shape index (κ2) is 16.2. The maximum Gasteiger partial charge on any atom is 0.325 e. The lowest BCUT2D eigenvalue weighted by molar-refractivity contribution is -0.348. The van der Waals surface area contributed by atoms with Gasteiger partial charge in [0.2, 0.25) is 0 Å². The molecule has 13 atom stereocenters. The van der Waals surface area contributed by atoms with Gasteiger partial charge in [-0.3, -0.25) is 19.2 Å². The number of carbonyl (C=O) groups excluding carboxylic acids is 3. The van der Waals surface area contributed by atoms with Crippen LogP contribution in [0.3, 0.4) is 0 Å². The number of carboxylic acids is 1. The molecule has 11 N–H and O–H groups in total. The van der Waals surface area contributed by atoms with Crippen LogP contribution in [0.25, 0.3) is 11.1 Å². The van der Waals surface area contributed by atoms with Gasteiger partial charge >= 0.3 is 5.97 Å². The number of benzene rings is 3. The number of fused-ring (bicyclic) bond motifs is 5. The SMILES string of the molecule is CNC1C(C)OC(OC2c3cc(C)c(C(=O)NC(C)C(=O)O)c(O)c3-c3c(cc4c(c3O)C(=O)c3cc(OC)cc(O)c3C4=O)C2O)C(O)C1OC1OC(C)C(O)C(O)C1O. The zero-order valence-electron chi connectivity index (χ0n) is 33.5. The molecule has 2 saturated heterocycles. The van der Waals surface area contributed by atoms with E-state index >= 15 is 0 Å². The van der Waals surface area contributed by atoms with Crippen molar-refractivity contribution < 1.29 is 88.8 Å². The highest BCUT2D eigenvalue weighted by atomic mass is 16.7. The van der Waals surface area contributed by atoms with Gasteiger partial charge in [0.25, 0.3) is 5.91 Å². The summed E-state index contributed by atoms with van der Waals surface area (Å²) >= 11 is 0. The molecule has 20 nitrogen and oxygen atoms in total. The van der Waals surface area contributed by atoms with Crippen molar-refractivity contribution in [2.45, 2.75) is 107 Å². The standard InChI is InChI=1S/C41H46N2O18/c1-11-7-19-24(31(49)21(11)38(54)43-12(2)39(55)56)23-17(10-18-25(32(23)50)29(47)16-8-15(57-6)9-20(44)22(16)28(18)46)30(48)36(19)60-41-35(53)37(26(42-5)13(3)58-41)61-40-34(52)33(51)27(45)14(4)59-40/h7-10,12-14,26-27,30,33-37,40-42,44-45,48-53H,1-6H3,(H,43,54)(H,55,56). The number of aromatic hydroxyl groups is 3. The van der Waals surface area contributed by atoms with E-state index in [1.54, 1.807) is 6.92 Å². The first-order valence-corrected chi connectivity index (χ1v) is 19.2. The predicted octanol–water partition coefficient (Wildman–Crippen LogP) is -0.223. The van der Waals surface area contributed by atoms with E-state index in [1.165, 1.54) is 47.1 Å². The van der Waals surface area contributed by atoms with Crippen LogP contribution in [0.5, 0.6) is 23.0 Å². The van der Waals surface area contributed by atoms with Crippen LogP contribution in [0.15, 0.2) is 24.3 Å². The molecule has 2 heterocycles. The largest absolute Gasteiger partial charge is 0.507 e. The Morgan fingerprint density at radius 3 is 2.00 bits per heavy atom. The minimum atomic E-state index is -1.90. The number of ketones is 2. The second-order valence-corrected chi connectivity index (χ2v) is 15.6. The second-order valence-electron chi connectivity index (χ2n) is 15.6. The maximum absolute atomic E-state index is 14.1. The normalized spacial score (nSPS) is 31.0. The van der Waals surface area contributed by atoms with E-state index in [1.807, 2.05) is 0 Å². The van der Waals surface area contributed by atoms with Crippen molar-refractivity contribution in [1.82, 2.24) is 10.6 Å². The molecule has 2 aliphatic carbocycles. The molecule has 0 aromatic heterocycles. The number of aliphatic hydroxyl groups excluding tert-OH is 5. The molecule has 0 spiro atoms. The van der Waals surface area contributed by atoms with Crippen molar-refractivity contribution in [3.63, 3.8) is 0 Å². The summed E-state index contributed by atoms with van der Waals surface area (Å²) < 4.78 is 29.3. The molecule has 2 fully saturated rings. The van der Waals surface area contributed by atoms with Crippen molar-refractivity contribution in [3.05, 3.63) is 68.8 Å². The molecular formula is C41H46N2O18. The third kappa shape index (κ3) is 7.07. The monoisotopic (exact) mass is 854 g/mol. The van der Waals surface area contributed by atoms with Gasteiger partial charge in [-0.15, -0.1) is 0 Å². The van der Waals surface area contributed by atoms with Gasteiger partial charge < -0.3 is 80.3 Å². The smallest absolute Gasteiger partial charge is 0.325 e. The Bertz CT molecular complexity index is 2320. The van der Waals surface area contributed by atoms with Crippen LogP contribution in [0.2, 0.25) is 0 Å². The summed E-state index contributed by atoms with van der Waals surface area (Å²) in [5, 5.41) is 105. The fourth-order valence-corrected chi connectivity index (χ4v) is 8.52. The first-order chi connectivity index (χ1) is 28.7. The number of methoxy groups -OCH3 is 1. The minimum absolute atomic E-state index is 0.0157. The van der Waals surface area contributed by atoms with Crippen molar-refractivity contribution in [2.75, 3.05) is 14.2 Å². The highest BCUT2D eigenvalue weighted by molar-refractivity contribution is 6.31. The Morgan fingerprint density at radius 2 is 1.36 bits per heavy atom. The molecule has 328 valence electrons. The number of aliphatic carboxylic acids is 1. The number of phenolic OH excluding ortho intramolecular Hbond substituents is 3. The molecular weight excluding hydrogens is 808 g/mol. The van der Waals surface area contributed by atoms with Crippen molar-refractivity contribution >= 4 is 23.4 Å². The Hall–Kier alpha value is -5.26. The summed E-state index contributed by atoms with van der Waals surface area (Å²) in [6.07, 6.45) is -16.7. The lowest BCUT2D eigenvalue weighted by atomic mass is 9.74. The fourth-order valence-electron chi connectivity index (χ4n) is 8.52. The van der Waals surface area contributed by atoms with E-state index in [-0.39, 0.29) is 33.6 Å². The van der Waals surface area contributed by atoms with E-state index in [9.17, 15) is 65.1 Å². The van der Waals surface area contributed by atoms with Crippen LogP contribution in [0.1, 0.15) is 91.9 Å². The Kier molecular flexibility index (Phi) is 11.6. The fraction of sp³-hybridized carbons (Fsp3) is 0.463. The van der Waals surface area contributed by atoms with Gasteiger partial charge in [-0.1, -0.05) is 6.07 Å². The number of likely N-dealkylation sites (N-methyl/N-ethyl adjacent to an activating group) is 1. The van der Waals surface area contributed by atoms with Crippen LogP contribution in [0.4, 0.5) is 0 Å². The third-order valence-electron chi connectivity index (χ3n) is 11.8. The van der Waals surface area contributed by atoms with Crippen LogP contribution in [-0.2, 0) is 23.7 Å². The average molecular weight is 855 g/mol. The average Bonchev–Trinajstić information content (AvgIpc) is 3.20. The van der Waals surface area contributed by atoms with Crippen molar-refractivity contribution in [1.29, 1.82) is 0 Å². The van der Waals surface area contributed by atoms with Gasteiger partial charge in [0, 0.05) is 28.3 Å². The number of nitrogens with one attached hydrogen (secondary N) is 2. The molecule has 3 aromatic carbocycles. The highest BCUT2D eigenvalue weighted by Crippen LogP contribution is 2.57. The summed E-state index contributed by atoms with van der Waals surface area (Å²) in [7, 11) is 2.80. The minimum Gasteiger partial charge on any atom is -0.507 e. The summed E-state index contributed by atoms with van der Waals surface area (Å²) in [4.78, 5) is 53.4. The lowest BCUT2D eigenvalue weighted by Gasteiger charge is -2.48. The van der Waals surface area contributed by atoms with Crippen LogP contribution >= 0.6 is 0 Å². The summed E-state index contributed by atoms with van der Waals surface area (Å²) in [5.74, 6) is -6.64. The molecule has 3 aromatic rings. The number of hydrogen-bond donors (Lipinski definition) is 11. The molecule has 13 unspecified atom stereocenters. The molecule has 7 rings (SSSR count). The van der Waals surface area contributed by atoms with Gasteiger partial charge in [-0.2, -0.15) is 0 Å². The summed E-state index contributed by atoms with van der Waals surface area (Å²) in [5.41, 5.74) is -3.36. The molecule has 20 heteroatoms. The molecule has 0 saturated carbocycles. The van der Waals surface area contributed by atoms with Gasteiger partial charge in [0.15, 0.2) is 24.1 Å². The number of amides is 1. The Morgan fingerprint density at radius 1 is 0.754 bits per heavy atom. The zero-order valence-corrected chi connectivity index (χ0v) is 33.5.